The molecule has 1 aromatic carbocycles. The number of imidazole rings is 1. The molecule has 1 N–H and O–H groups in total. The molecule has 0 aliphatic carbocycles. The summed E-state index contributed by atoms with van der Waals surface area (Å²) in [6, 6.07) is 11.7. The van der Waals surface area contributed by atoms with Crippen molar-refractivity contribution in [2.45, 2.75) is 13.3 Å². The second-order valence-electron chi connectivity index (χ2n) is 5.82. The molecule has 2 heterocycles. The number of benzene rings is 1. The number of carbonyl (C=O) groups is 1. The molecule has 3 aromatic rings. The molecule has 2 aromatic heterocycles. The predicted molar refractivity (Wildman–Crippen MR) is 93.0 cm³/mol. The van der Waals surface area contributed by atoms with Crippen LogP contribution in [0.25, 0.3) is 5.65 Å². The van der Waals surface area contributed by atoms with Crippen LogP contribution in [-0.2, 0) is 11.2 Å². The molecule has 0 aliphatic heterocycles. The van der Waals surface area contributed by atoms with Crippen LogP contribution in [0.4, 0.5) is 11.4 Å². The molecule has 0 bridgehead atoms. The van der Waals surface area contributed by atoms with E-state index in [1.807, 2.05) is 79.1 Å². The van der Waals surface area contributed by atoms with Crippen LogP contribution in [-0.4, -0.2) is 29.4 Å². The highest BCUT2D eigenvalue weighted by Crippen LogP contribution is 2.16. The first-order chi connectivity index (χ1) is 11.0. The van der Waals surface area contributed by atoms with Crippen LogP contribution in [0.1, 0.15) is 11.3 Å². The van der Waals surface area contributed by atoms with Gasteiger partial charge in [-0.1, -0.05) is 6.07 Å². The van der Waals surface area contributed by atoms with Crippen molar-refractivity contribution < 1.29 is 4.79 Å². The average molecular weight is 308 g/mol. The van der Waals surface area contributed by atoms with Crippen molar-refractivity contribution in [2.75, 3.05) is 24.3 Å². The van der Waals surface area contributed by atoms with E-state index in [9.17, 15) is 4.79 Å². The summed E-state index contributed by atoms with van der Waals surface area (Å²) in [6.07, 6.45) is 4.10. The minimum absolute atomic E-state index is 0.0661. The lowest BCUT2D eigenvalue weighted by Crippen LogP contribution is -2.15. The molecule has 118 valence electrons. The van der Waals surface area contributed by atoms with Crippen molar-refractivity contribution in [1.29, 1.82) is 0 Å². The lowest BCUT2D eigenvalue weighted by atomic mass is 10.2. The Bertz CT molecular complexity index is 834. The van der Waals surface area contributed by atoms with Crippen LogP contribution < -0.4 is 10.2 Å². The Morgan fingerprint density at radius 3 is 2.61 bits per heavy atom. The Balaban J connectivity index is 1.69. The maximum atomic E-state index is 12.2. The first-order valence-corrected chi connectivity index (χ1v) is 7.53. The molecule has 0 radical (unpaired) electrons. The summed E-state index contributed by atoms with van der Waals surface area (Å²) in [6.45, 7) is 2.01. The van der Waals surface area contributed by atoms with E-state index >= 15 is 0 Å². The van der Waals surface area contributed by atoms with Crippen molar-refractivity contribution in [2.24, 2.45) is 0 Å². The minimum atomic E-state index is -0.0661. The van der Waals surface area contributed by atoms with Crippen molar-refractivity contribution in [3.05, 3.63) is 60.0 Å². The SMILES string of the molecule is Cc1cccn2cc(CC(=O)Nc3ccc(N(C)C)cc3)nc12. The number of anilines is 2. The molecule has 1 amide bonds. The van der Waals surface area contributed by atoms with E-state index in [-0.39, 0.29) is 12.3 Å². The van der Waals surface area contributed by atoms with Crippen LogP contribution in [0.15, 0.2) is 48.8 Å². The predicted octanol–water partition coefficient (Wildman–Crippen LogP) is 2.89. The molecule has 0 saturated heterocycles. The van der Waals surface area contributed by atoms with Crippen molar-refractivity contribution in [1.82, 2.24) is 9.38 Å². The zero-order valence-electron chi connectivity index (χ0n) is 13.6. The largest absolute Gasteiger partial charge is 0.378 e. The summed E-state index contributed by atoms with van der Waals surface area (Å²) in [5.74, 6) is -0.0661. The first kappa shape index (κ1) is 15.1. The van der Waals surface area contributed by atoms with Crippen molar-refractivity contribution in [3.8, 4) is 0 Å². The van der Waals surface area contributed by atoms with Gasteiger partial charge in [-0.15, -0.1) is 0 Å². The molecule has 0 aliphatic rings. The van der Waals surface area contributed by atoms with Gasteiger partial charge in [0.2, 0.25) is 5.91 Å². The van der Waals surface area contributed by atoms with Gasteiger partial charge in [-0.05, 0) is 42.8 Å². The molecule has 0 atom stereocenters. The summed E-state index contributed by atoms with van der Waals surface area (Å²) < 4.78 is 1.95. The smallest absolute Gasteiger partial charge is 0.230 e. The number of carbonyl (C=O) groups excluding carboxylic acids is 1. The Kier molecular flexibility index (Phi) is 4.02. The van der Waals surface area contributed by atoms with E-state index in [2.05, 4.69) is 10.3 Å². The van der Waals surface area contributed by atoms with E-state index in [0.717, 1.165) is 28.3 Å². The number of nitrogens with zero attached hydrogens (tertiary/aromatic N) is 3. The quantitative estimate of drug-likeness (QED) is 0.806. The van der Waals surface area contributed by atoms with E-state index in [0.29, 0.717) is 0 Å². The van der Waals surface area contributed by atoms with Gasteiger partial charge in [0, 0.05) is 37.9 Å². The topological polar surface area (TPSA) is 49.6 Å². The number of hydrogen-bond donors (Lipinski definition) is 1. The number of aryl methyl sites for hydroxylation is 1. The number of amides is 1. The third-order valence-electron chi connectivity index (χ3n) is 3.74. The average Bonchev–Trinajstić information content (AvgIpc) is 2.91. The number of pyridine rings is 1. The monoisotopic (exact) mass is 308 g/mol. The fraction of sp³-hybridized carbons (Fsp3) is 0.222. The molecule has 5 nitrogen and oxygen atoms in total. The van der Waals surface area contributed by atoms with Gasteiger partial charge < -0.3 is 14.6 Å². The van der Waals surface area contributed by atoms with Crippen LogP contribution in [0.5, 0.6) is 0 Å². The summed E-state index contributed by atoms with van der Waals surface area (Å²) in [7, 11) is 3.97. The number of aromatic nitrogens is 2. The van der Waals surface area contributed by atoms with Crippen molar-refractivity contribution >= 4 is 22.9 Å². The van der Waals surface area contributed by atoms with E-state index < -0.39 is 0 Å². The van der Waals surface area contributed by atoms with Gasteiger partial charge in [0.15, 0.2) is 0 Å². The maximum absolute atomic E-state index is 12.2. The number of rotatable bonds is 4. The highest BCUT2D eigenvalue weighted by atomic mass is 16.1. The van der Waals surface area contributed by atoms with E-state index in [1.165, 1.54) is 0 Å². The Morgan fingerprint density at radius 2 is 1.96 bits per heavy atom. The summed E-state index contributed by atoms with van der Waals surface area (Å²) in [5, 5.41) is 2.91. The lowest BCUT2D eigenvalue weighted by Gasteiger charge is -2.12. The molecule has 0 spiro atoms. The van der Waals surface area contributed by atoms with Crippen molar-refractivity contribution in [3.63, 3.8) is 0 Å². The maximum Gasteiger partial charge on any atom is 0.230 e. The highest BCUT2D eigenvalue weighted by Gasteiger charge is 2.09. The molecule has 0 unspecified atom stereocenters. The lowest BCUT2D eigenvalue weighted by molar-refractivity contribution is -0.115. The fourth-order valence-electron chi connectivity index (χ4n) is 2.50. The minimum Gasteiger partial charge on any atom is -0.378 e. The van der Waals surface area contributed by atoms with Gasteiger partial charge in [-0.3, -0.25) is 4.79 Å². The summed E-state index contributed by atoms with van der Waals surface area (Å²) in [5.41, 5.74) is 4.64. The van der Waals surface area contributed by atoms with E-state index in [1.54, 1.807) is 0 Å². The third kappa shape index (κ3) is 3.34. The molecule has 0 fully saturated rings. The Hall–Kier alpha value is -2.82. The molecule has 23 heavy (non-hydrogen) atoms. The summed E-state index contributed by atoms with van der Waals surface area (Å²) >= 11 is 0. The molecular formula is C18H20N4O. The van der Waals surface area contributed by atoms with E-state index in [4.69, 9.17) is 0 Å². The van der Waals surface area contributed by atoms with Crippen LogP contribution in [0.3, 0.4) is 0 Å². The molecular weight excluding hydrogens is 288 g/mol. The van der Waals surface area contributed by atoms with Crippen LogP contribution >= 0.6 is 0 Å². The standard InChI is InChI=1S/C18H20N4O/c1-13-5-4-10-22-12-15(20-18(13)22)11-17(23)19-14-6-8-16(9-7-14)21(2)3/h4-10,12H,11H2,1-3H3,(H,19,23). The first-order valence-electron chi connectivity index (χ1n) is 7.53. The normalized spacial score (nSPS) is 10.7. The Labute approximate surface area is 135 Å². The van der Waals surface area contributed by atoms with Crippen LogP contribution in [0, 0.1) is 6.92 Å². The number of nitrogens with one attached hydrogen (secondary N) is 1. The third-order valence-corrected chi connectivity index (χ3v) is 3.74. The zero-order valence-corrected chi connectivity index (χ0v) is 13.6. The van der Waals surface area contributed by atoms with Gasteiger partial charge in [-0.2, -0.15) is 0 Å². The van der Waals surface area contributed by atoms with Gasteiger partial charge in [-0.25, -0.2) is 4.98 Å². The van der Waals surface area contributed by atoms with Gasteiger partial charge in [0.1, 0.15) is 5.65 Å². The van der Waals surface area contributed by atoms with Gasteiger partial charge in [0.05, 0.1) is 12.1 Å². The van der Waals surface area contributed by atoms with Gasteiger partial charge in [0.25, 0.3) is 0 Å². The second-order valence-corrected chi connectivity index (χ2v) is 5.82. The summed E-state index contributed by atoms with van der Waals surface area (Å²) in [4.78, 5) is 18.7. The molecule has 0 saturated carbocycles. The molecule has 3 rings (SSSR count). The van der Waals surface area contributed by atoms with Crippen LogP contribution in [0.2, 0.25) is 0 Å². The molecule has 5 heteroatoms. The zero-order chi connectivity index (χ0) is 16.4. The Morgan fingerprint density at radius 1 is 1.22 bits per heavy atom. The highest BCUT2D eigenvalue weighted by molar-refractivity contribution is 5.92. The van der Waals surface area contributed by atoms with Gasteiger partial charge >= 0.3 is 0 Å². The number of hydrogen-bond acceptors (Lipinski definition) is 3. The second kappa shape index (κ2) is 6.12. The fourth-order valence-corrected chi connectivity index (χ4v) is 2.50. The number of fused-ring (bicyclic) bond motifs is 1.